The fourth-order valence-corrected chi connectivity index (χ4v) is 5.12. The summed E-state index contributed by atoms with van der Waals surface area (Å²) in [6, 6.07) is 5.82. The van der Waals surface area contributed by atoms with Gasteiger partial charge in [-0.15, -0.1) is 0 Å². The van der Waals surface area contributed by atoms with E-state index in [4.69, 9.17) is 4.74 Å². The van der Waals surface area contributed by atoms with Gasteiger partial charge < -0.3 is 9.64 Å². The molecule has 7 nitrogen and oxygen atoms in total. The summed E-state index contributed by atoms with van der Waals surface area (Å²) in [7, 11) is 1.98. The van der Waals surface area contributed by atoms with E-state index in [0.717, 1.165) is 54.4 Å². The molecule has 2 fully saturated rings. The summed E-state index contributed by atoms with van der Waals surface area (Å²) in [5, 5.41) is 11.8. The predicted molar refractivity (Wildman–Crippen MR) is 111 cm³/mol. The number of aromatic nitrogens is 4. The van der Waals surface area contributed by atoms with Crippen LogP contribution in [0.25, 0.3) is 10.9 Å². The van der Waals surface area contributed by atoms with Crippen LogP contribution in [-0.2, 0) is 13.5 Å². The largest absolute Gasteiger partial charge is 0.490 e. The van der Waals surface area contributed by atoms with E-state index in [2.05, 4.69) is 39.3 Å². The lowest BCUT2D eigenvalue weighted by Gasteiger charge is -2.58. The van der Waals surface area contributed by atoms with Crippen LogP contribution < -0.4 is 10.3 Å². The molecule has 1 N–H and O–H groups in total. The second-order valence-electron chi connectivity index (χ2n) is 8.81. The van der Waals surface area contributed by atoms with Gasteiger partial charge in [-0.25, -0.2) is 5.10 Å². The van der Waals surface area contributed by atoms with Gasteiger partial charge in [0.25, 0.3) is 5.56 Å². The molecule has 0 unspecified atom stereocenters. The Bertz CT molecular complexity index is 1090. The lowest BCUT2D eigenvalue weighted by atomic mass is 9.61. The van der Waals surface area contributed by atoms with Crippen molar-refractivity contribution in [3.05, 3.63) is 52.1 Å². The summed E-state index contributed by atoms with van der Waals surface area (Å²) in [6.07, 6.45) is 8.22. The zero-order valence-corrected chi connectivity index (χ0v) is 17.0. The fourth-order valence-electron chi connectivity index (χ4n) is 5.12. The second kappa shape index (κ2) is 6.99. The molecule has 0 radical (unpaired) electrons. The maximum atomic E-state index is 11.3. The van der Waals surface area contributed by atoms with Crippen LogP contribution in [0.1, 0.15) is 30.4 Å². The van der Waals surface area contributed by atoms with Gasteiger partial charge in [0.1, 0.15) is 5.75 Å². The number of fused-ring (bicyclic) bond motifs is 1. The molecule has 0 bridgehead atoms. The van der Waals surface area contributed by atoms with Crippen LogP contribution in [-0.4, -0.2) is 50.6 Å². The molecule has 2 aromatic heterocycles. The summed E-state index contributed by atoms with van der Waals surface area (Å²) in [5.41, 5.74) is 3.68. The van der Waals surface area contributed by atoms with Crippen molar-refractivity contribution in [3.63, 3.8) is 0 Å². The third-order valence-corrected chi connectivity index (χ3v) is 6.50. The Labute approximate surface area is 169 Å². The van der Waals surface area contributed by atoms with Crippen LogP contribution in [0.4, 0.5) is 0 Å². The van der Waals surface area contributed by atoms with Crippen LogP contribution in [0, 0.1) is 12.3 Å². The van der Waals surface area contributed by atoms with Crippen molar-refractivity contribution in [2.45, 2.75) is 38.7 Å². The first-order valence-corrected chi connectivity index (χ1v) is 10.4. The Kier molecular flexibility index (Phi) is 4.42. The molecule has 1 aliphatic heterocycles. The maximum Gasteiger partial charge on any atom is 0.264 e. The zero-order chi connectivity index (χ0) is 20.0. The molecule has 1 spiro atoms. The van der Waals surface area contributed by atoms with Crippen molar-refractivity contribution in [2.75, 3.05) is 19.6 Å². The van der Waals surface area contributed by atoms with Gasteiger partial charge in [-0.05, 0) is 56.8 Å². The normalized spacial score (nSPS) is 18.7. The van der Waals surface area contributed by atoms with E-state index >= 15 is 0 Å². The second-order valence-corrected chi connectivity index (χ2v) is 8.81. The molecule has 1 saturated carbocycles. The third kappa shape index (κ3) is 3.44. The summed E-state index contributed by atoms with van der Waals surface area (Å²) in [5.74, 6) is 0.989. The van der Waals surface area contributed by atoms with Crippen molar-refractivity contribution in [3.8, 4) is 5.75 Å². The molecule has 0 atom stereocenters. The summed E-state index contributed by atoms with van der Waals surface area (Å²) >= 11 is 0. The third-order valence-electron chi connectivity index (χ3n) is 6.50. The number of rotatable bonds is 6. The van der Waals surface area contributed by atoms with Gasteiger partial charge in [0.2, 0.25) is 0 Å². The molecule has 29 heavy (non-hydrogen) atoms. The monoisotopic (exact) mass is 393 g/mol. The minimum Gasteiger partial charge on any atom is -0.490 e. The maximum absolute atomic E-state index is 11.3. The number of hydrogen-bond donors (Lipinski definition) is 1. The molecule has 1 aliphatic carbocycles. The molecule has 3 heterocycles. The lowest BCUT2D eigenvalue weighted by Crippen LogP contribution is -2.64. The van der Waals surface area contributed by atoms with E-state index in [9.17, 15) is 4.79 Å². The van der Waals surface area contributed by atoms with Crippen molar-refractivity contribution < 1.29 is 4.74 Å². The number of likely N-dealkylation sites (tertiary alicyclic amines) is 1. The Morgan fingerprint density at radius 3 is 2.90 bits per heavy atom. The Hall–Kier alpha value is -2.67. The molecular weight excluding hydrogens is 366 g/mol. The number of aromatic amines is 1. The number of benzene rings is 1. The molecule has 5 rings (SSSR count). The molecule has 1 saturated heterocycles. The average molecular weight is 393 g/mol. The van der Waals surface area contributed by atoms with E-state index in [1.807, 2.05) is 17.9 Å². The molecule has 7 heteroatoms. The number of aryl methyl sites for hydroxylation is 3. The van der Waals surface area contributed by atoms with Crippen LogP contribution >= 0.6 is 0 Å². The van der Waals surface area contributed by atoms with Crippen LogP contribution in [0.2, 0.25) is 0 Å². The lowest BCUT2D eigenvalue weighted by molar-refractivity contribution is -0.119. The van der Waals surface area contributed by atoms with E-state index in [0.29, 0.717) is 11.5 Å². The van der Waals surface area contributed by atoms with E-state index < -0.39 is 0 Å². The van der Waals surface area contributed by atoms with Gasteiger partial charge >= 0.3 is 0 Å². The highest BCUT2D eigenvalue weighted by Crippen LogP contribution is 2.50. The minimum atomic E-state index is -0.122. The number of ether oxygens (including phenoxy) is 1. The predicted octanol–water partition coefficient (Wildman–Crippen LogP) is 2.44. The number of H-pyrrole nitrogens is 1. The first kappa shape index (κ1) is 18.4. The van der Waals surface area contributed by atoms with Gasteiger partial charge in [-0.3, -0.25) is 9.48 Å². The SMILES string of the molecule is Cc1c(OC2CC3(C2)CN(CCCc2cn[nH]c(=O)c2)C3)ccc2cnn(C)c12. The number of nitrogens with zero attached hydrogens (tertiary/aromatic N) is 4. The highest BCUT2D eigenvalue weighted by molar-refractivity contribution is 5.83. The number of hydrogen-bond acceptors (Lipinski definition) is 5. The zero-order valence-electron chi connectivity index (χ0n) is 17.0. The van der Waals surface area contributed by atoms with Crippen LogP contribution in [0.5, 0.6) is 5.75 Å². The van der Waals surface area contributed by atoms with E-state index in [-0.39, 0.29) is 5.56 Å². The quantitative estimate of drug-likeness (QED) is 0.696. The van der Waals surface area contributed by atoms with E-state index in [1.54, 1.807) is 12.3 Å². The van der Waals surface area contributed by atoms with Gasteiger partial charge in [0.15, 0.2) is 0 Å². The molecule has 2 aliphatic rings. The Balaban J connectivity index is 1.09. The molecule has 1 aromatic carbocycles. The highest BCUT2D eigenvalue weighted by Gasteiger charge is 2.53. The van der Waals surface area contributed by atoms with E-state index in [1.165, 1.54) is 18.7 Å². The Morgan fingerprint density at radius 2 is 2.10 bits per heavy atom. The minimum absolute atomic E-state index is 0.122. The topological polar surface area (TPSA) is 76.0 Å². The Morgan fingerprint density at radius 1 is 1.28 bits per heavy atom. The fraction of sp³-hybridized carbons (Fsp3) is 0.500. The van der Waals surface area contributed by atoms with Crippen molar-refractivity contribution >= 4 is 10.9 Å². The first-order valence-electron chi connectivity index (χ1n) is 10.4. The molecular formula is C22H27N5O2. The van der Waals surface area contributed by atoms with Crippen molar-refractivity contribution in [1.82, 2.24) is 24.9 Å². The van der Waals surface area contributed by atoms with Crippen molar-refractivity contribution in [2.24, 2.45) is 12.5 Å². The summed E-state index contributed by atoms with van der Waals surface area (Å²) < 4.78 is 8.25. The number of nitrogens with one attached hydrogen (secondary N) is 1. The molecule has 0 amide bonds. The van der Waals surface area contributed by atoms with Gasteiger partial charge in [0, 0.05) is 42.6 Å². The molecule has 3 aromatic rings. The van der Waals surface area contributed by atoms with Crippen LogP contribution in [0.3, 0.4) is 0 Å². The highest BCUT2D eigenvalue weighted by atomic mass is 16.5. The average Bonchev–Trinajstić information content (AvgIpc) is 3.01. The first-order chi connectivity index (χ1) is 14.0. The van der Waals surface area contributed by atoms with Gasteiger partial charge in [-0.2, -0.15) is 10.2 Å². The standard InChI is InChI=1S/C22H27N5O2/c1-15-19(6-5-17-12-24-26(2)21(15)17)29-18-9-22(10-18)13-27(14-22)7-3-4-16-8-20(28)25-23-11-16/h5-6,8,11-12,18H,3-4,7,9-10,13-14H2,1-2H3,(H,25,28). The van der Waals surface area contributed by atoms with Crippen molar-refractivity contribution in [1.29, 1.82) is 0 Å². The summed E-state index contributed by atoms with van der Waals surface area (Å²) in [6.45, 7) is 5.53. The van der Waals surface area contributed by atoms with Gasteiger partial charge in [-0.1, -0.05) is 0 Å². The van der Waals surface area contributed by atoms with Gasteiger partial charge in [0.05, 0.1) is 24.0 Å². The summed E-state index contributed by atoms with van der Waals surface area (Å²) in [4.78, 5) is 13.8. The van der Waals surface area contributed by atoms with Crippen LogP contribution in [0.15, 0.2) is 35.4 Å². The smallest absolute Gasteiger partial charge is 0.264 e. The molecule has 152 valence electrons.